The van der Waals surface area contributed by atoms with Crippen molar-refractivity contribution in [3.05, 3.63) is 53.6 Å². The third-order valence-corrected chi connectivity index (χ3v) is 7.67. The Morgan fingerprint density at radius 2 is 1.87 bits per heavy atom. The van der Waals surface area contributed by atoms with E-state index < -0.39 is 5.54 Å². The van der Waals surface area contributed by atoms with Gasteiger partial charge in [0, 0.05) is 24.8 Å². The Labute approximate surface area is 183 Å². The first-order chi connectivity index (χ1) is 14.9. The summed E-state index contributed by atoms with van der Waals surface area (Å²) in [4.78, 5) is 20.6. The summed E-state index contributed by atoms with van der Waals surface area (Å²) < 4.78 is 5.63. The number of likely N-dealkylation sites (N-methyl/N-ethyl adjacent to an activating group) is 1. The monoisotopic (exact) mass is 418 g/mol. The number of carbonyl (C=O) groups is 1. The fourth-order valence-electron chi connectivity index (χ4n) is 6.07. The van der Waals surface area contributed by atoms with Crippen LogP contribution in [0.2, 0.25) is 0 Å². The summed E-state index contributed by atoms with van der Waals surface area (Å²) in [7, 11) is 1.77. The van der Waals surface area contributed by atoms with Gasteiger partial charge in [-0.2, -0.15) is 0 Å². The zero-order valence-corrected chi connectivity index (χ0v) is 18.2. The minimum atomic E-state index is -0.947. The summed E-state index contributed by atoms with van der Waals surface area (Å²) >= 11 is 0. The molecular formula is C25H30N4O2. The molecule has 1 amide bonds. The molecule has 1 saturated carbocycles. The summed E-state index contributed by atoms with van der Waals surface area (Å²) in [6.07, 6.45) is 4.75. The minimum absolute atomic E-state index is 0.0202. The molecule has 1 heterocycles. The van der Waals surface area contributed by atoms with Crippen molar-refractivity contribution in [3.8, 4) is 11.1 Å². The first-order valence-electron chi connectivity index (χ1n) is 11.1. The predicted molar refractivity (Wildman–Crippen MR) is 122 cm³/mol. The lowest BCUT2D eigenvalue weighted by Crippen LogP contribution is -2.52. The van der Waals surface area contributed by atoms with E-state index in [1.807, 2.05) is 31.2 Å². The molecule has 2 aromatic rings. The number of aliphatic imine (C=N–C) groups is 1. The van der Waals surface area contributed by atoms with Crippen LogP contribution in [0.3, 0.4) is 0 Å². The van der Waals surface area contributed by atoms with E-state index in [0.717, 1.165) is 54.5 Å². The molecular weight excluding hydrogens is 388 g/mol. The van der Waals surface area contributed by atoms with Crippen molar-refractivity contribution >= 4 is 17.6 Å². The third kappa shape index (κ3) is 2.74. The molecule has 3 aliphatic rings. The van der Waals surface area contributed by atoms with E-state index in [9.17, 15) is 4.79 Å². The SMILES string of the molecule is CCN1C(=O)C2(N=C1N)c1cc(-c3cccc(N)c3)ccc1CC21CCC(OC)CC1. The number of amides is 1. The number of carbonyl (C=O) groups excluding carboxylic acids is 1. The lowest BCUT2D eigenvalue weighted by atomic mass is 9.61. The predicted octanol–water partition coefficient (Wildman–Crippen LogP) is 3.44. The summed E-state index contributed by atoms with van der Waals surface area (Å²) in [5.74, 6) is 0.356. The molecule has 1 aliphatic heterocycles. The highest BCUT2D eigenvalue weighted by atomic mass is 16.5. The molecule has 162 valence electrons. The van der Waals surface area contributed by atoms with Crippen LogP contribution in [0, 0.1) is 5.41 Å². The molecule has 1 unspecified atom stereocenters. The molecule has 2 aliphatic carbocycles. The Hall–Kier alpha value is -2.86. The number of anilines is 1. The molecule has 0 aromatic heterocycles. The zero-order valence-electron chi connectivity index (χ0n) is 18.2. The maximum atomic E-state index is 13.9. The molecule has 31 heavy (non-hydrogen) atoms. The number of guanidine groups is 1. The zero-order chi connectivity index (χ0) is 21.8. The van der Waals surface area contributed by atoms with Gasteiger partial charge in [-0.15, -0.1) is 0 Å². The molecule has 2 spiro atoms. The van der Waals surface area contributed by atoms with Crippen LogP contribution < -0.4 is 11.5 Å². The van der Waals surface area contributed by atoms with Gasteiger partial charge in [-0.25, -0.2) is 4.99 Å². The smallest absolute Gasteiger partial charge is 0.262 e. The lowest BCUT2D eigenvalue weighted by molar-refractivity contribution is -0.138. The van der Waals surface area contributed by atoms with Crippen molar-refractivity contribution in [3.63, 3.8) is 0 Å². The van der Waals surface area contributed by atoms with Crippen LogP contribution in [-0.2, 0) is 21.5 Å². The van der Waals surface area contributed by atoms with Crippen molar-refractivity contribution < 1.29 is 9.53 Å². The Morgan fingerprint density at radius 1 is 1.13 bits per heavy atom. The quantitative estimate of drug-likeness (QED) is 0.747. The van der Waals surface area contributed by atoms with Crippen LogP contribution >= 0.6 is 0 Å². The fraction of sp³-hybridized carbons (Fsp3) is 0.440. The molecule has 1 atom stereocenters. The van der Waals surface area contributed by atoms with E-state index in [2.05, 4.69) is 18.2 Å². The van der Waals surface area contributed by atoms with Crippen molar-refractivity contribution in [1.82, 2.24) is 4.90 Å². The normalized spacial score (nSPS) is 29.6. The molecule has 0 saturated heterocycles. The highest BCUT2D eigenvalue weighted by molar-refractivity contribution is 6.08. The van der Waals surface area contributed by atoms with Crippen molar-refractivity contribution in [2.75, 3.05) is 19.4 Å². The summed E-state index contributed by atoms with van der Waals surface area (Å²) in [6.45, 7) is 2.48. The largest absolute Gasteiger partial charge is 0.399 e. The van der Waals surface area contributed by atoms with Crippen LogP contribution in [0.25, 0.3) is 11.1 Å². The van der Waals surface area contributed by atoms with Gasteiger partial charge in [-0.3, -0.25) is 9.69 Å². The second-order valence-electron chi connectivity index (χ2n) is 9.12. The van der Waals surface area contributed by atoms with Crippen molar-refractivity contribution in [1.29, 1.82) is 0 Å². The van der Waals surface area contributed by atoms with Crippen LogP contribution in [0.1, 0.15) is 43.7 Å². The molecule has 6 heteroatoms. The van der Waals surface area contributed by atoms with E-state index in [0.29, 0.717) is 12.5 Å². The number of rotatable bonds is 3. The number of hydrogen-bond acceptors (Lipinski definition) is 5. The first-order valence-corrected chi connectivity index (χ1v) is 11.1. The van der Waals surface area contributed by atoms with E-state index in [1.54, 1.807) is 12.0 Å². The summed E-state index contributed by atoms with van der Waals surface area (Å²) in [6, 6.07) is 14.3. The number of methoxy groups -OCH3 is 1. The number of nitrogens with zero attached hydrogens (tertiary/aromatic N) is 2. The number of ether oxygens (including phenoxy) is 1. The van der Waals surface area contributed by atoms with Crippen LogP contribution in [0.4, 0.5) is 5.69 Å². The van der Waals surface area contributed by atoms with Crippen molar-refractivity contribution in [2.45, 2.75) is 50.7 Å². The molecule has 0 radical (unpaired) electrons. The Morgan fingerprint density at radius 3 is 2.52 bits per heavy atom. The summed E-state index contributed by atoms with van der Waals surface area (Å²) in [5, 5.41) is 0. The van der Waals surface area contributed by atoms with Gasteiger partial charge in [0.2, 0.25) is 0 Å². The average Bonchev–Trinajstić information content (AvgIpc) is 3.19. The Bertz CT molecular complexity index is 1070. The van der Waals surface area contributed by atoms with Gasteiger partial charge < -0.3 is 16.2 Å². The van der Waals surface area contributed by atoms with Crippen LogP contribution in [0.5, 0.6) is 0 Å². The van der Waals surface area contributed by atoms with Gasteiger partial charge in [0.25, 0.3) is 5.91 Å². The molecule has 2 aromatic carbocycles. The van der Waals surface area contributed by atoms with Gasteiger partial charge in [0.05, 0.1) is 6.10 Å². The Balaban J connectivity index is 1.68. The number of benzene rings is 2. The molecule has 1 fully saturated rings. The van der Waals surface area contributed by atoms with Gasteiger partial charge >= 0.3 is 0 Å². The summed E-state index contributed by atoms with van der Waals surface area (Å²) in [5.41, 5.74) is 16.2. The molecule has 5 rings (SSSR count). The third-order valence-electron chi connectivity index (χ3n) is 7.67. The van der Waals surface area contributed by atoms with Crippen LogP contribution in [-0.4, -0.2) is 36.5 Å². The van der Waals surface area contributed by atoms with E-state index in [1.165, 1.54) is 5.56 Å². The highest BCUT2D eigenvalue weighted by Crippen LogP contribution is 2.62. The topological polar surface area (TPSA) is 93.9 Å². The molecule has 0 bridgehead atoms. The Kier molecular flexibility index (Phi) is 4.59. The number of fused-ring (bicyclic) bond motifs is 3. The molecule has 6 nitrogen and oxygen atoms in total. The van der Waals surface area contributed by atoms with E-state index in [-0.39, 0.29) is 17.4 Å². The van der Waals surface area contributed by atoms with E-state index in [4.69, 9.17) is 21.2 Å². The number of nitrogen functional groups attached to an aromatic ring is 1. The lowest BCUT2D eigenvalue weighted by Gasteiger charge is -2.45. The minimum Gasteiger partial charge on any atom is -0.399 e. The second kappa shape index (κ2) is 7.09. The standard InChI is InChI=1S/C25H30N4O2/c1-3-29-22(30)25(28-23(29)27)21-14-17(16-5-4-6-19(26)13-16)7-8-18(21)15-24(25)11-9-20(31-2)10-12-24/h4-8,13-14,20H,3,9-12,15,26H2,1-2H3,(H2,27,28). The van der Waals surface area contributed by atoms with Crippen LogP contribution in [0.15, 0.2) is 47.5 Å². The average molecular weight is 419 g/mol. The van der Waals surface area contributed by atoms with Gasteiger partial charge in [-0.1, -0.05) is 24.3 Å². The maximum Gasteiger partial charge on any atom is 0.262 e. The highest BCUT2D eigenvalue weighted by Gasteiger charge is 2.66. The molecule has 4 N–H and O–H groups in total. The number of hydrogen-bond donors (Lipinski definition) is 2. The van der Waals surface area contributed by atoms with E-state index >= 15 is 0 Å². The van der Waals surface area contributed by atoms with Gasteiger partial charge in [0.15, 0.2) is 11.5 Å². The second-order valence-corrected chi connectivity index (χ2v) is 9.12. The van der Waals surface area contributed by atoms with Gasteiger partial charge in [-0.05, 0) is 79.5 Å². The van der Waals surface area contributed by atoms with Gasteiger partial charge in [0.1, 0.15) is 0 Å². The van der Waals surface area contributed by atoms with Crippen molar-refractivity contribution in [2.24, 2.45) is 16.1 Å². The fourth-order valence-corrected chi connectivity index (χ4v) is 6.07. The maximum absolute atomic E-state index is 13.9. The first kappa shape index (κ1) is 20.1. The number of nitrogens with two attached hydrogens (primary N) is 2.